The average Bonchev–Trinajstić information content (AvgIpc) is 2.86. The molecule has 2 rings (SSSR count). The van der Waals surface area contributed by atoms with Crippen molar-refractivity contribution in [2.75, 3.05) is 13.7 Å². The summed E-state index contributed by atoms with van der Waals surface area (Å²) >= 11 is 0. The molecule has 2 aromatic rings. The van der Waals surface area contributed by atoms with Gasteiger partial charge < -0.3 is 14.5 Å². The minimum Gasteiger partial charge on any atom is -0.497 e. The Kier molecular flexibility index (Phi) is 4.74. The lowest BCUT2D eigenvalue weighted by Gasteiger charge is -2.05. The van der Waals surface area contributed by atoms with Gasteiger partial charge in [-0.1, -0.05) is 6.92 Å². The molecule has 1 aromatic carbocycles. The second-order valence-electron chi connectivity index (χ2n) is 4.41. The standard InChI is InChI=1S/C15H17F2NO2/c1-3-6-18-9-10-4-5-14(20-10)15-12(16)7-11(19-2)8-13(15)17/h4-5,7-8,18H,3,6,9H2,1-2H3. The van der Waals surface area contributed by atoms with Crippen molar-refractivity contribution in [3.05, 3.63) is 41.7 Å². The van der Waals surface area contributed by atoms with Crippen molar-refractivity contribution >= 4 is 0 Å². The zero-order chi connectivity index (χ0) is 14.5. The van der Waals surface area contributed by atoms with Crippen LogP contribution in [0.3, 0.4) is 0 Å². The quantitative estimate of drug-likeness (QED) is 0.819. The Hall–Kier alpha value is -1.88. The maximum absolute atomic E-state index is 13.9. The molecule has 1 aromatic heterocycles. The van der Waals surface area contributed by atoms with Gasteiger partial charge in [0.1, 0.15) is 28.9 Å². The van der Waals surface area contributed by atoms with Crippen LogP contribution in [-0.2, 0) is 6.54 Å². The molecule has 0 saturated carbocycles. The van der Waals surface area contributed by atoms with Crippen LogP contribution in [0.25, 0.3) is 11.3 Å². The van der Waals surface area contributed by atoms with E-state index in [2.05, 4.69) is 12.2 Å². The second kappa shape index (κ2) is 6.52. The summed E-state index contributed by atoms with van der Waals surface area (Å²) in [5.74, 6) is -0.451. The summed E-state index contributed by atoms with van der Waals surface area (Å²) in [4.78, 5) is 0. The van der Waals surface area contributed by atoms with E-state index in [1.54, 1.807) is 12.1 Å². The Bertz CT molecular complexity index is 558. The first-order valence-electron chi connectivity index (χ1n) is 6.48. The molecule has 0 unspecified atom stereocenters. The Morgan fingerprint density at radius 3 is 2.50 bits per heavy atom. The molecule has 0 aliphatic rings. The van der Waals surface area contributed by atoms with E-state index < -0.39 is 11.6 Å². The van der Waals surface area contributed by atoms with Crippen molar-refractivity contribution in [3.8, 4) is 17.1 Å². The maximum atomic E-state index is 13.9. The minimum absolute atomic E-state index is 0.139. The highest BCUT2D eigenvalue weighted by atomic mass is 19.1. The first-order chi connectivity index (χ1) is 9.65. The lowest BCUT2D eigenvalue weighted by atomic mass is 10.1. The second-order valence-corrected chi connectivity index (χ2v) is 4.41. The molecule has 20 heavy (non-hydrogen) atoms. The number of ether oxygens (including phenoxy) is 1. The molecule has 3 nitrogen and oxygen atoms in total. The molecule has 5 heteroatoms. The third-order valence-corrected chi connectivity index (χ3v) is 2.89. The number of rotatable bonds is 6. The van der Waals surface area contributed by atoms with Gasteiger partial charge in [0.25, 0.3) is 0 Å². The largest absolute Gasteiger partial charge is 0.497 e. The number of methoxy groups -OCH3 is 1. The molecule has 1 heterocycles. The molecule has 0 saturated heterocycles. The molecule has 0 radical (unpaired) electrons. The highest BCUT2D eigenvalue weighted by Crippen LogP contribution is 2.30. The fourth-order valence-corrected chi connectivity index (χ4v) is 1.90. The summed E-state index contributed by atoms with van der Waals surface area (Å²) < 4.78 is 38.1. The van der Waals surface area contributed by atoms with Crippen molar-refractivity contribution < 1.29 is 17.9 Å². The predicted molar refractivity (Wildman–Crippen MR) is 72.6 cm³/mol. The fraction of sp³-hybridized carbons (Fsp3) is 0.333. The van der Waals surface area contributed by atoms with Gasteiger partial charge in [0, 0.05) is 12.1 Å². The van der Waals surface area contributed by atoms with Crippen molar-refractivity contribution in [2.45, 2.75) is 19.9 Å². The van der Waals surface area contributed by atoms with Crippen LogP contribution < -0.4 is 10.1 Å². The first kappa shape index (κ1) is 14.5. The van der Waals surface area contributed by atoms with E-state index >= 15 is 0 Å². The lowest BCUT2D eigenvalue weighted by Crippen LogP contribution is -2.12. The molecule has 0 bridgehead atoms. The van der Waals surface area contributed by atoms with Crippen LogP contribution in [0.4, 0.5) is 8.78 Å². The van der Waals surface area contributed by atoms with Gasteiger partial charge in [-0.15, -0.1) is 0 Å². The van der Waals surface area contributed by atoms with Gasteiger partial charge in [0.05, 0.1) is 19.2 Å². The van der Waals surface area contributed by atoms with E-state index in [1.165, 1.54) is 7.11 Å². The summed E-state index contributed by atoms with van der Waals surface area (Å²) in [6, 6.07) is 5.55. The van der Waals surface area contributed by atoms with E-state index in [9.17, 15) is 8.78 Å². The number of hydrogen-bond donors (Lipinski definition) is 1. The summed E-state index contributed by atoms with van der Waals surface area (Å²) in [5.41, 5.74) is -0.174. The smallest absolute Gasteiger partial charge is 0.140 e. The molecule has 0 aliphatic heterocycles. The van der Waals surface area contributed by atoms with Crippen LogP contribution in [0.5, 0.6) is 5.75 Å². The Morgan fingerprint density at radius 2 is 1.90 bits per heavy atom. The van der Waals surface area contributed by atoms with Crippen molar-refractivity contribution in [2.24, 2.45) is 0 Å². The van der Waals surface area contributed by atoms with Crippen molar-refractivity contribution in [1.82, 2.24) is 5.32 Å². The van der Waals surface area contributed by atoms with E-state index in [-0.39, 0.29) is 17.1 Å². The molecule has 108 valence electrons. The van der Waals surface area contributed by atoms with Gasteiger partial charge in [0.2, 0.25) is 0 Å². The third kappa shape index (κ3) is 3.17. The molecule has 0 aliphatic carbocycles. The molecule has 0 atom stereocenters. The molecule has 0 amide bonds. The van der Waals surface area contributed by atoms with Crippen LogP contribution in [0, 0.1) is 11.6 Å². The zero-order valence-corrected chi connectivity index (χ0v) is 11.5. The zero-order valence-electron chi connectivity index (χ0n) is 11.5. The van der Waals surface area contributed by atoms with E-state index in [4.69, 9.17) is 9.15 Å². The molecule has 0 fully saturated rings. The summed E-state index contributed by atoms with van der Waals surface area (Å²) in [6.45, 7) is 3.46. The SMILES string of the molecule is CCCNCc1ccc(-c2c(F)cc(OC)cc2F)o1. The lowest BCUT2D eigenvalue weighted by molar-refractivity contribution is 0.406. The Morgan fingerprint density at radius 1 is 1.20 bits per heavy atom. The Labute approximate surface area is 116 Å². The highest BCUT2D eigenvalue weighted by Gasteiger charge is 2.17. The number of furan rings is 1. The summed E-state index contributed by atoms with van der Waals surface area (Å²) in [7, 11) is 1.36. The highest BCUT2D eigenvalue weighted by molar-refractivity contribution is 5.60. The Balaban J connectivity index is 2.23. The normalized spacial score (nSPS) is 10.8. The molecule has 0 spiro atoms. The number of halogens is 2. The summed E-state index contributed by atoms with van der Waals surface area (Å²) in [5, 5.41) is 3.16. The molecular formula is C15H17F2NO2. The minimum atomic E-state index is -0.704. The van der Waals surface area contributed by atoms with E-state index in [1.807, 2.05) is 0 Å². The number of hydrogen-bond acceptors (Lipinski definition) is 3. The average molecular weight is 281 g/mol. The fourth-order valence-electron chi connectivity index (χ4n) is 1.90. The van der Waals surface area contributed by atoms with Crippen molar-refractivity contribution in [1.29, 1.82) is 0 Å². The van der Waals surface area contributed by atoms with Crippen LogP contribution >= 0.6 is 0 Å². The topological polar surface area (TPSA) is 34.4 Å². The van der Waals surface area contributed by atoms with Crippen LogP contribution in [0.15, 0.2) is 28.7 Å². The van der Waals surface area contributed by atoms with Crippen LogP contribution in [-0.4, -0.2) is 13.7 Å². The van der Waals surface area contributed by atoms with Gasteiger partial charge in [-0.2, -0.15) is 0 Å². The summed E-state index contributed by atoms with van der Waals surface area (Å²) in [6.07, 6.45) is 1.01. The van der Waals surface area contributed by atoms with Crippen LogP contribution in [0.2, 0.25) is 0 Å². The van der Waals surface area contributed by atoms with E-state index in [0.29, 0.717) is 12.3 Å². The number of benzene rings is 1. The van der Waals surface area contributed by atoms with Gasteiger partial charge in [0.15, 0.2) is 0 Å². The molecule has 1 N–H and O–H groups in total. The van der Waals surface area contributed by atoms with Gasteiger partial charge in [-0.25, -0.2) is 8.78 Å². The monoisotopic (exact) mass is 281 g/mol. The van der Waals surface area contributed by atoms with Crippen LogP contribution in [0.1, 0.15) is 19.1 Å². The van der Waals surface area contributed by atoms with Crippen molar-refractivity contribution in [3.63, 3.8) is 0 Å². The van der Waals surface area contributed by atoms with Gasteiger partial charge in [-0.3, -0.25) is 0 Å². The third-order valence-electron chi connectivity index (χ3n) is 2.89. The van der Waals surface area contributed by atoms with E-state index in [0.717, 1.165) is 25.1 Å². The maximum Gasteiger partial charge on any atom is 0.140 e. The molecular weight excluding hydrogens is 264 g/mol. The number of nitrogens with one attached hydrogen (secondary N) is 1. The van der Waals surface area contributed by atoms with Gasteiger partial charge >= 0.3 is 0 Å². The van der Waals surface area contributed by atoms with Gasteiger partial charge in [-0.05, 0) is 25.1 Å². The first-order valence-corrected chi connectivity index (χ1v) is 6.48. The predicted octanol–water partition coefficient (Wildman–Crippen LogP) is 3.73.